The van der Waals surface area contributed by atoms with Gasteiger partial charge in [0.2, 0.25) is 5.91 Å². The topological polar surface area (TPSA) is 61.4 Å². The average molecular weight is 214 g/mol. The lowest BCUT2D eigenvalue weighted by atomic mass is 9.89. The average Bonchev–Trinajstić information content (AvgIpc) is 2.60. The van der Waals surface area contributed by atoms with Crippen molar-refractivity contribution in [2.24, 2.45) is 11.3 Å². The second kappa shape index (κ2) is 4.94. The molecule has 0 aromatic heterocycles. The molecule has 3 N–H and O–H groups in total. The minimum Gasteiger partial charge on any atom is -0.391 e. The van der Waals surface area contributed by atoms with Gasteiger partial charge >= 0.3 is 0 Å². The molecule has 4 nitrogen and oxygen atoms in total. The maximum atomic E-state index is 11.7. The Bertz CT molecular complexity index is 229. The van der Waals surface area contributed by atoms with Crippen LogP contribution in [0.2, 0.25) is 0 Å². The van der Waals surface area contributed by atoms with Gasteiger partial charge in [0.25, 0.3) is 0 Å². The molecule has 1 saturated heterocycles. The maximum absolute atomic E-state index is 11.7. The number of hydrogen-bond acceptors (Lipinski definition) is 3. The van der Waals surface area contributed by atoms with Gasteiger partial charge in [-0.2, -0.15) is 0 Å². The van der Waals surface area contributed by atoms with Crippen molar-refractivity contribution in [2.45, 2.75) is 33.3 Å². The van der Waals surface area contributed by atoms with Gasteiger partial charge < -0.3 is 15.7 Å². The Morgan fingerprint density at radius 3 is 2.67 bits per heavy atom. The first kappa shape index (κ1) is 12.5. The molecule has 0 aromatic carbocycles. The Balaban J connectivity index is 2.34. The summed E-state index contributed by atoms with van der Waals surface area (Å²) in [7, 11) is 0. The first-order valence-electron chi connectivity index (χ1n) is 5.64. The van der Waals surface area contributed by atoms with Crippen molar-refractivity contribution in [2.75, 3.05) is 19.6 Å². The second-order valence-electron chi connectivity index (χ2n) is 4.93. The Labute approximate surface area is 91.4 Å². The molecule has 0 bridgehead atoms. The monoisotopic (exact) mass is 214 g/mol. The Morgan fingerprint density at radius 2 is 2.20 bits per heavy atom. The standard InChI is InChI=1S/C11H22N2O2/c1-4-11(2,3)10(15)13-6-8-5-12-7-9(8)14/h8-9,12,14H,4-7H2,1-3H3,(H,13,15). The summed E-state index contributed by atoms with van der Waals surface area (Å²) >= 11 is 0. The second-order valence-corrected chi connectivity index (χ2v) is 4.93. The molecule has 2 unspecified atom stereocenters. The molecule has 1 rings (SSSR count). The van der Waals surface area contributed by atoms with Gasteiger partial charge in [-0.15, -0.1) is 0 Å². The van der Waals surface area contributed by atoms with Gasteiger partial charge in [0.05, 0.1) is 6.10 Å². The van der Waals surface area contributed by atoms with Gasteiger partial charge in [-0.1, -0.05) is 20.8 Å². The predicted molar refractivity (Wildman–Crippen MR) is 59.4 cm³/mol. The summed E-state index contributed by atoms with van der Waals surface area (Å²) in [5, 5.41) is 15.6. The number of amides is 1. The van der Waals surface area contributed by atoms with Crippen LogP contribution < -0.4 is 10.6 Å². The van der Waals surface area contributed by atoms with Gasteiger partial charge in [-0.3, -0.25) is 4.79 Å². The lowest BCUT2D eigenvalue weighted by Gasteiger charge is -2.23. The molecule has 1 fully saturated rings. The normalized spacial score (nSPS) is 26.7. The number of carbonyl (C=O) groups excluding carboxylic acids is 1. The van der Waals surface area contributed by atoms with E-state index in [0.717, 1.165) is 13.0 Å². The highest BCUT2D eigenvalue weighted by molar-refractivity contribution is 5.81. The molecule has 4 heteroatoms. The highest BCUT2D eigenvalue weighted by Crippen LogP contribution is 2.19. The summed E-state index contributed by atoms with van der Waals surface area (Å²) in [6.07, 6.45) is 0.500. The SMILES string of the molecule is CCC(C)(C)C(=O)NCC1CNCC1O. The lowest BCUT2D eigenvalue weighted by Crippen LogP contribution is -2.41. The Kier molecular flexibility index (Phi) is 4.11. The van der Waals surface area contributed by atoms with E-state index in [1.165, 1.54) is 0 Å². The van der Waals surface area contributed by atoms with Crippen LogP contribution in [0.5, 0.6) is 0 Å². The van der Waals surface area contributed by atoms with Crippen molar-refractivity contribution >= 4 is 5.91 Å². The molecule has 1 amide bonds. The minimum atomic E-state index is -0.324. The molecule has 0 saturated carbocycles. The van der Waals surface area contributed by atoms with E-state index in [-0.39, 0.29) is 23.3 Å². The van der Waals surface area contributed by atoms with Gasteiger partial charge in [0.15, 0.2) is 0 Å². The van der Waals surface area contributed by atoms with Crippen LogP contribution >= 0.6 is 0 Å². The zero-order valence-corrected chi connectivity index (χ0v) is 9.84. The number of carbonyl (C=O) groups is 1. The van der Waals surface area contributed by atoms with E-state index in [0.29, 0.717) is 13.1 Å². The van der Waals surface area contributed by atoms with Crippen LogP contribution in [0.15, 0.2) is 0 Å². The number of aliphatic hydroxyl groups excluding tert-OH is 1. The van der Waals surface area contributed by atoms with E-state index in [2.05, 4.69) is 10.6 Å². The van der Waals surface area contributed by atoms with E-state index < -0.39 is 0 Å². The highest BCUT2D eigenvalue weighted by Gasteiger charge is 2.29. The van der Waals surface area contributed by atoms with Crippen molar-refractivity contribution in [3.05, 3.63) is 0 Å². The van der Waals surface area contributed by atoms with E-state index in [1.54, 1.807) is 0 Å². The summed E-state index contributed by atoms with van der Waals surface area (Å²) in [6.45, 7) is 7.87. The smallest absolute Gasteiger partial charge is 0.225 e. The van der Waals surface area contributed by atoms with E-state index in [1.807, 2.05) is 20.8 Å². The number of β-amino-alcohol motifs (C(OH)–C–C–N with tert-alkyl or cyclic N) is 1. The van der Waals surface area contributed by atoms with Crippen molar-refractivity contribution in [1.82, 2.24) is 10.6 Å². The molecule has 15 heavy (non-hydrogen) atoms. The third kappa shape index (κ3) is 3.18. The maximum Gasteiger partial charge on any atom is 0.225 e. The molecular formula is C11H22N2O2. The number of nitrogens with one attached hydrogen (secondary N) is 2. The summed E-state index contributed by atoms with van der Waals surface area (Å²) in [4.78, 5) is 11.7. The van der Waals surface area contributed by atoms with Crippen LogP contribution in [0.25, 0.3) is 0 Å². The summed E-state index contributed by atoms with van der Waals surface area (Å²) in [5.74, 6) is 0.228. The summed E-state index contributed by atoms with van der Waals surface area (Å²) in [6, 6.07) is 0. The van der Waals surface area contributed by atoms with E-state index >= 15 is 0 Å². The Morgan fingerprint density at radius 1 is 1.53 bits per heavy atom. The molecule has 1 aliphatic rings. The highest BCUT2D eigenvalue weighted by atomic mass is 16.3. The zero-order chi connectivity index (χ0) is 11.5. The van der Waals surface area contributed by atoms with Gasteiger partial charge in [0.1, 0.15) is 0 Å². The number of hydrogen-bond donors (Lipinski definition) is 3. The van der Waals surface area contributed by atoms with Crippen molar-refractivity contribution in [1.29, 1.82) is 0 Å². The van der Waals surface area contributed by atoms with Crippen LogP contribution in [0, 0.1) is 11.3 Å². The van der Waals surface area contributed by atoms with Crippen LogP contribution in [0.4, 0.5) is 0 Å². The third-order valence-corrected chi connectivity index (χ3v) is 3.33. The zero-order valence-electron chi connectivity index (χ0n) is 9.84. The van der Waals surface area contributed by atoms with Crippen molar-refractivity contribution < 1.29 is 9.90 Å². The number of aliphatic hydroxyl groups is 1. The molecule has 2 atom stereocenters. The molecule has 0 radical (unpaired) electrons. The summed E-state index contributed by atoms with van der Waals surface area (Å²) in [5.41, 5.74) is -0.309. The predicted octanol–water partition coefficient (Wildman–Crippen LogP) is 0.119. The fourth-order valence-electron chi connectivity index (χ4n) is 1.55. The minimum absolute atomic E-state index is 0.0732. The fourth-order valence-corrected chi connectivity index (χ4v) is 1.55. The molecule has 0 spiro atoms. The van der Waals surface area contributed by atoms with E-state index in [9.17, 15) is 9.90 Å². The molecule has 1 aliphatic heterocycles. The molecular weight excluding hydrogens is 192 g/mol. The quantitative estimate of drug-likeness (QED) is 0.623. The van der Waals surface area contributed by atoms with Crippen LogP contribution in [-0.2, 0) is 4.79 Å². The lowest BCUT2D eigenvalue weighted by molar-refractivity contribution is -0.129. The van der Waals surface area contributed by atoms with Crippen LogP contribution in [-0.4, -0.2) is 36.8 Å². The van der Waals surface area contributed by atoms with Crippen LogP contribution in [0.1, 0.15) is 27.2 Å². The third-order valence-electron chi connectivity index (χ3n) is 3.33. The largest absolute Gasteiger partial charge is 0.391 e. The first-order valence-corrected chi connectivity index (χ1v) is 5.64. The fraction of sp³-hybridized carbons (Fsp3) is 0.909. The van der Waals surface area contributed by atoms with E-state index in [4.69, 9.17) is 0 Å². The first-order chi connectivity index (χ1) is 6.97. The van der Waals surface area contributed by atoms with Crippen LogP contribution in [0.3, 0.4) is 0 Å². The van der Waals surface area contributed by atoms with Gasteiger partial charge in [0, 0.05) is 31.0 Å². The molecule has 1 heterocycles. The molecule has 0 aliphatic carbocycles. The van der Waals surface area contributed by atoms with Gasteiger partial charge in [-0.05, 0) is 6.42 Å². The molecule has 0 aromatic rings. The number of rotatable bonds is 4. The van der Waals surface area contributed by atoms with Gasteiger partial charge in [-0.25, -0.2) is 0 Å². The summed E-state index contributed by atoms with van der Waals surface area (Å²) < 4.78 is 0. The Hall–Kier alpha value is -0.610. The van der Waals surface area contributed by atoms with Crippen molar-refractivity contribution in [3.63, 3.8) is 0 Å². The van der Waals surface area contributed by atoms with Crippen molar-refractivity contribution in [3.8, 4) is 0 Å². The molecule has 88 valence electrons.